The van der Waals surface area contributed by atoms with Crippen LogP contribution in [0.4, 0.5) is 0 Å². The number of nitrogens with two attached hydrogens (primary N) is 1. The van der Waals surface area contributed by atoms with Crippen molar-refractivity contribution >= 4 is 0 Å². The number of aliphatic hydroxyl groups excluding tert-OH is 2. The van der Waals surface area contributed by atoms with Gasteiger partial charge in [-0.15, -0.1) is 0 Å². The van der Waals surface area contributed by atoms with Crippen molar-refractivity contribution in [1.82, 2.24) is 0 Å². The first-order chi connectivity index (χ1) is 6.63. The molecule has 0 spiro atoms. The van der Waals surface area contributed by atoms with Gasteiger partial charge in [0.1, 0.15) is 0 Å². The van der Waals surface area contributed by atoms with Crippen LogP contribution in [0.2, 0.25) is 0 Å². The standard InChI is InChI=1S/C9H17NO4/c1-13-7-2-4-6(14-7)3-5(11)9(12)8(4)10/h4-9,11-12H,2-3,10H2,1H3/t4?,5?,6-,7?,8?,9?/m0/s1. The summed E-state index contributed by atoms with van der Waals surface area (Å²) in [6.07, 6.45) is -0.787. The molecule has 6 atom stereocenters. The van der Waals surface area contributed by atoms with E-state index < -0.39 is 18.2 Å². The predicted molar refractivity (Wildman–Crippen MR) is 48.4 cm³/mol. The van der Waals surface area contributed by atoms with Gasteiger partial charge in [-0.25, -0.2) is 0 Å². The number of hydrogen-bond donors (Lipinski definition) is 3. The number of aliphatic hydroxyl groups is 2. The third-order valence-corrected chi connectivity index (χ3v) is 3.29. The molecule has 2 fully saturated rings. The third kappa shape index (κ3) is 1.55. The minimum atomic E-state index is -0.838. The molecule has 2 aliphatic rings. The van der Waals surface area contributed by atoms with E-state index in [1.165, 1.54) is 0 Å². The molecular weight excluding hydrogens is 186 g/mol. The smallest absolute Gasteiger partial charge is 0.158 e. The first-order valence-corrected chi connectivity index (χ1v) is 4.93. The molecule has 4 N–H and O–H groups in total. The maximum Gasteiger partial charge on any atom is 0.158 e. The molecule has 0 aromatic heterocycles. The second-order valence-corrected chi connectivity index (χ2v) is 4.11. The van der Waals surface area contributed by atoms with Crippen molar-refractivity contribution in [2.45, 2.75) is 43.5 Å². The van der Waals surface area contributed by atoms with Gasteiger partial charge in [0.15, 0.2) is 6.29 Å². The lowest BCUT2D eigenvalue weighted by molar-refractivity contribution is -0.139. The van der Waals surface area contributed by atoms with Crippen LogP contribution in [0.15, 0.2) is 0 Å². The van der Waals surface area contributed by atoms with Crippen molar-refractivity contribution in [3.63, 3.8) is 0 Å². The van der Waals surface area contributed by atoms with Gasteiger partial charge >= 0.3 is 0 Å². The fourth-order valence-electron chi connectivity index (χ4n) is 2.40. The summed E-state index contributed by atoms with van der Waals surface area (Å²) in [6, 6.07) is -0.413. The lowest BCUT2D eigenvalue weighted by Crippen LogP contribution is -2.55. The van der Waals surface area contributed by atoms with Gasteiger partial charge in [-0.05, 0) is 0 Å². The van der Waals surface area contributed by atoms with Crippen LogP contribution in [0, 0.1) is 5.92 Å². The molecule has 14 heavy (non-hydrogen) atoms. The zero-order valence-electron chi connectivity index (χ0n) is 8.17. The van der Waals surface area contributed by atoms with Gasteiger partial charge in [0.2, 0.25) is 0 Å². The van der Waals surface area contributed by atoms with Gasteiger partial charge in [0, 0.05) is 31.9 Å². The summed E-state index contributed by atoms with van der Waals surface area (Å²) >= 11 is 0. The Morgan fingerprint density at radius 1 is 1.36 bits per heavy atom. The Kier molecular flexibility index (Phi) is 2.77. The largest absolute Gasteiger partial charge is 0.390 e. The molecule has 1 saturated heterocycles. The fourth-order valence-corrected chi connectivity index (χ4v) is 2.40. The highest BCUT2D eigenvalue weighted by Gasteiger charge is 2.47. The highest BCUT2D eigenvalue weighted by Crippen LogP contribution is 2.37. The molecule has 82 valence electrons. The van der Waals surface area contributed by atoms with Crippen LogP contribution < -0.4 is 5.73 Å². The van der Waals surface area contributed by atoms with Gasteiger partial charge in [0.05, 0.1) is 18.3 Å². The first kappa shape index (κ1) is 10.3. The van der Waals surface area contributed by atoms with E-state index in [1.54, 1.807) is 7.11 Å². The van der Waals surface area contributed by atoms with Crippen LogP contribution >= 0.6 is 0 Å². The maximum absolute atomic E-state index is 9.58. The van der Waals surface area contributed by atoms with Crippen LogP contribution in [0.1, 0.15) is 12.8 Å². The Labute approximate surface area is 82.8 Å². The highest BCUT2D eigenvalue weighted by atomic mass is 16.7. The van der Waals surface area contributed by atoms with Crippen LogP contribution in [0.5, 0.6) is 0 Å². The number of ether oxygens (including phenoxy) is 2. The molecule has 1 aliphatic carbocycles. The quantitative estimate of drug-likeness (QED) is 0.499. The van der Waals surface area contributed by atoms with Gasteiger partial charge in [-0.2, -0.15) is 0 Å². The molecular formula is C9H17NO4. The normalized spacial score (nSPS) is 53.1. The average Bonchev–Trinajstić information content (AvgIpc) is 2.57. The predicted octanol–water partition coefficient (Wildman–Crippen LogP) is -1.18. The zero-order chi connectivity index (χ0) is 10.3. The Balaban J connectivity index is 2.07. The summed E-state index contributed by atoms with van der Waals surface area (Å²) in [5.74, 6) is 0.0957. The topological polar surface area (TPSA) is 84.9 Å². The second kappa shape index (κ2) is 3.75. The van der Waals surface area contributed by atoms with Crippen molar-refractivity contribution in [2.75, 3.05) is 7.11 Å². The average molecular weight is 203 g/mol. The van der Waals surface area contributed by atoms with E-state index in [0.717, 1.165) is 0 Å². The molecule has 1 aliphatic heterocycles. The Morgan fingerprint density at radius 2 is 2.07 bits per heavy atom. The van der Waals surface area contributed by atoms with Crippen molar-refractivity contribution in [2.24, 2.45) is 11.7 Å². The maximum atomic E-state index is 9.58. The molecule has 5 heteroatoms. The highest BCUT2D eigenvalue weighted by molar-refractivity contribution is 4.98. The molecule has 0 amide bonds. The van der Waals surface area contributed by atoms with E-state index in [0.29, 0.717) is 12.8 Å². The van der Waals surface area contributed by atoms with E-state index in [-0.39, 0.29) is 18.3 Å². The number of hydrogen-bond acceptors (Lipinski definition) is 5. The summed E-state index contributed by atoms with van der Waals surface area (Å²) < 4.78 is 10.6. The second-order valence-electron chi connectivity index (χ2n) is 4.11. The van der Waals surface area contributed by atoms with Crippen molar-refractivity contribution in [1.29, 1.82) is 0 Å². The number of methoxy groups -OCH3 is 1. The monoisotopic (exact) mass is 203 g/mol. The molecule has 0 radical (unpaired) electrons. The van der Waals surface area contributed by atoms with E-state index in [9.17, 15) is 10.2 Å². The molecule has 5 nitrogen and oxygen atoms in total. The summed E-state index contributed by atoms with van der Waals surface area (Å²) in [5.41, 5.74) is 5.83. The van der Waals surface area contributed by atoms with Crippen LogP contribution in [-0.2, 0) is 9.47 Å². The van der Waals surface area contributed by atoms with E-state index >= 15 is 0 Å². The first-order valence-electron chi connectivity index (χ1n) is 4.93. The van der Waals surface area contributed by atoms with E-state index in [4.69, 9.17) is 15.2 Å². The van der Waals surface area contributed by atoms with Gasteiger partial charge in [-0.1, -0.05) is 0 Å². The molecule has 1 heterocycles. The van der Waals surface area contributed by atoms with Crippen LogP contribution in [0.3, 0.4) is 0 Å². The lowest BCUT2D eigenvalue weighted by Gasteiger charge is -2.37. The summed E-state index contributed by atoms with van der Waals surface area (Å²) in [6.45, 7) is 0. The summed E-state index contributed by atoms with van der Waals surface area (Å²) in [4.78, 5) is 0. The van der Waals surface area contributed by atoms with E-state index in [1.807, 2.05) is 0 Å². The molecule has 5 unspecified atom stereocenters. The lowest BCUT2D eigenvalue weighted by atomic mass is 9.79. The van der Waals surface area contributed by atoms with E-state index in [2.05, 4.69) is 0 Å². The Bertz CT molecular complexity index is 213. The molecule has 0 aromatic carbocycles. The molecule has 0 bridgehead atoms. The fraction of sp³-hybridized carbons (Fsp3) is 1.00. The SMILES string of the molecule is COC1CC2C(N)C(O)C(O)C[C@@H]2O1. The Hall–Kier alpha value is -0.200. The molecule has 2 rings (SSSR count). The van der Waals surface area contributed by atoms with Crippen molar-refractivity contribution < 1.29 is 19.7 Å². The van der Waals surface area contributed by atoms with Gasteiger partial charge in [0.25, 0.3) is 0 Å². The van der Waals surface area contributed by atoms with Gasteiger partial charge < -0.3 is 25.4 Å². The molecule has 1 saturated carbocycles. The van der Waals surface area contributed by atoms with Crippen LogP contribution in [-0.4, -0.2) is 48.0 Å². The zero-order valence-corrected chi connectivity index (χ0v) is 8.17. The van der Waals surface area contributed by atoms with Gasteiger partial charge in [-0.3, -0.25) is 0 Å². The van der Waals surface area contributed by atoms with Crippen molar-refractivity contribution in [3.05, 3.63) is 0 Å². The number of rotatable bonds is 1. The minimum absolute atomic E-state index is 0.0756. The van der Waals surface area contributed by atoms with Crippen molar-refractivity contribution in [3.8, 4) is 0 Å². The number of fused-ring (bicyclic) bond motifs is 1. The third-order valence-electron chi connectivity index (χ3n) is 3.29. The van der Waals surface area contributed by atoms with Crippen LogP contribution in [0.25, 0.3) is 0 Å². The summed E-state index contributed by atoms with van der Waals surface area (Å²) in [5, 5.41) is 19.1. The summed E-state index contributed by atoms with van der Waals surface area (Å²) in [7, 11) is 1.58. The Morgan fingerprint density at radius 3 is 2.71 bits per heavy atom. The minimum Gasteiger partial charge on any atom is -0.390 e. The molecule has 0 aromatic rings.